The second kappa shape index (κ2) is 16.5. The number of halogens is 2. The van der Waals surface area contributed by atoms with Crippen molar-refractivity contribution in [1.82, 2.24) is 20.9 Å². The fourth-order valence-corrected chi connectivity index (χ4v) is 6.90. The van der Waals surface area contributed by atoms with Gasteiger partial charge >= 0.3 is 6.03 Å². The number of amides is 3. The zero-order valence-corrected chi connectivity index (χ0v) is 25.5. The molecule has 1 aliphatic heterocycles. The van der Waals surface area contributed by atoms with Crippen LogP contribution >= 0.6 is 11.6 Å². The second-order valence-electron chi connectivity index (χ2n) is 11.7. The molecule has 1 saturated heterocycles. The Balaban J connectivity index is 1.86. The first-order valence-corrected chi connectivity index (χ1v) is 15.7. The van der Waals surface area contributed by atoms with Crippen LogP contribution < -0.4 is 16.0 Å². The summed E-state index contributed by atoms with van der Waals surface area (Å²) in [5, 5.41) is 9.83. The predicted molar refractivity (Wildman–Crippen MR) is 159 cm³/mol. The van der Waals surface area contributed by atoms with E-state index in [0.717, 1.165) is 38.6 Å². The molecule has 0 spiro atoms. The lowest BCUT2D eigenvalue weighted by Crippen LogP contribution is -2.58. The van der Waals surface area contributed by atoms with Gasteiger partial charge in [-0.3, -0.25) is 4.79 Å². The van der Waals surface area contributed by atoms with E-state index in [2.05, 4.69) is 16.0 Å². The molecule has 3 atom stereocenters. The summed E-state index contributed by atoms with van der Waals surface area (Å²) in [4.78, 5) is 28.4. The van der Waals surface area contributed by atoms with Crippen molar-refractivity contribution in [2.24, 2.45) is 11.8 Å². The van der Waals surface area contributed by atoms with E-state index in [1.807, 2.05) is 11.9 Å². The molecule has 2 aliphatic rings. The number of unbranched alkanes of at least 4 members (excludes halogenated alkanes) is 1. The Bertz CT molecular complexity index is 945. The van der Waals surface area contributed by atoms with Crippen LogP contribution in [0.3, 0.4) is 0 Å². The average Bonchev–Trinajstić information content (AvgIpc) is 2.96. The molecule has 0 aromatic heterocycles. The molecular weight excluding hydrogens is 531 g/mol. The summed E-state index contributed by atoms with van der Waals surface area (Å²) in [5.74, 6) is -0.167. The number of benzene rings is 1. The fourth-order valence-electron chi connectivity index (χ4n) is 6.72. The summed E-state index contributed by atoms with van der Waals surface area (Å²) < 4.78 is 21.0. The largest absolute Gasteiger partial charge is 0.385 e. The Kier molecular flexibility index (Phi) is 13.5. The third-order valence-corrected chi connectivity index (χ3v) is 9.10. The van der Waals surface area contributed by atoms with Gasteiger partial charge in [0.25, 0.3) is 0 Å². The quantitative estimate of drug-likeness (QED) is 0.236. The minimum Gasteiger partial charge on any atom is -0.385 e. The van der Waals surface area contributed by atoms with E-state index in [1.165, 1.54) is 38.2 Å². The number of likely N-dealkylation sites (tertiary alicyclic amines) is 1. The summed E-state index contributed by atoms with van der Waals surface area (Å²) >= 11 is 6.27. The third-order valence-electron chi connectivity index (χ3n) is 8.81. The van der Waals surface area contributed by atoms with Crippen LogP contribution in [0.25, 0.3) is 0 Å². The number of hydrogen-bond donors (Lipinski definition) is 3. The van der Waals surface area contributed by atoms with Gasteiger partial charge in [-0.15, -0.1) is 0 Å². The highest BCUT2D eigenvalue weighted by Gasteiger charge is 2.45. The molecule has 40 heavy (non-hydrogen) atoms. The molecule has 3 N–H and O–H groups in total. The molecule has 0 radical (unpaired) electrons. The summed E-state index contributed by atoms with van der Waals surface area (Å²) in [7, 11) is 3.58. The molecule has 7 nitrogen and oxygen atoms in total. The van der Waals surface area contributed by atoms with Gasteiger partial charge in [0.05, 0.1) is 10.6 Å². The Hall–Kier alpha value is -1.90. The number of carbonyl (C=O) groups excluding carboxylic acids is 2. The monoisotopic (exact) mass is 580 g/mol. The van der Waals surface area contributed by atoms with Crippen LogP contribution in [0.1, 0.15) is 89.5 Å². The highest BCUT2D eigenvalue weighted by molar-refractivity contribution is 6.30. The van der Waals surface area contributed by atoms with E-state index >= 15 is 4.39 Å². The molecule has 0 unspecified atom stereocenters. The lowest BCUT2D eigenvalue weighted by atomic mass is 9.70. The van der Waals surface area contributed by atoms with Crippen LogP contribution in [0.4, 0.5) is 9.18 Å². The first-order valence-electron chi connectivity index (χ1n) is 15.3. The van der Waals surface area contributed by atoms with Crippen molar-refractivity contribution in [2.75, 3.05) is 40.4 Å². The van der Waals surface area contributed by atoms with E-state index in [1.54, 1.807) is 26.2 Å². The van der Waals surface area contributed by atoms with E-state index in [0.29, 0.717) is 37.6 Å². The number of ether oxygens (including phenoxy) is 1. The van der Waals surface area contributed by atoms with Crippen LogP contribution in [0.2, 0.25) is 5.02 Å². The Labute approximate surface area is 245 Å². The van der Waals surface area contributed by atoms with E-state index in [9.17, 15) is 9.59 Å². The molecule has 1 saturated carbocycles. The van der Waals surface area contributed by atoms with Crippen molar-refractivity contribution in [3.8, 4) is 0 Å². The standard InChI is InChI=1S/C31H50ClFN4O3/c1-4-28(38)36-31(17-8-9-19-40-3,26-15-10-16-27(32)29(26)33)24-14-11-18-37(22-24)30(39)35-25(21-34-2)20-23-12-6-5-7-13-23/h10,15-16,23-25,34H,4-9,11-14,17-22H2,1-3H3,(H,35,39)(H,36,38)/t24-,25+,31+/m1/s1. The van der Waals surface area contributed by atoms with Crippen molar-refractivity contribution >= 4 is 23.5 Å². The van der Waals surface area contributed by atoms with Crippen molar-refractivity contribution in [3.05, 3.63) is 34.6 Å². The maximum Gasteiger partial charge on any atom is 0.317 e. The predicted octanol–water partition coefficient (Wildman–Crippen LogP) is 6.00. The highest BCUT2D eigenvalue weighted by atomic mass is 35.5. The van der Waals surface area contributed by atoms with Crippen LogP contribution in [0.15, 0.2) is 18.2 Å². The molecular formula is C31H50ClFN4O3. The van der Waals surface area contributed by atoms with E-state index in [-0.39, 0.29) is 35.3 Å². The summed E-state index contributed by atoms with van der Waals surface area (Å²) in [5.41, 5.74) is -0.585. The first kappa shape index (κ1) is 32.6. The molecule has 3 amide bonds. The normalized spacial score (nSPS) is 20.5. The van der Waals surface area contributed by atoms with Crippen LogP contribution in [0.5, 0.6) is 0 Å². The molecule has 0 bridgehead atoms. The topological polar surface area (TPSA) is 82.7 Å². The summed E-state index contributed by atoms with van der Waals surface area (Å²) in [6, 6.07) is 4.99. The molecule has 1 aromatic rings. The van der Waals surface area contributed by atoms with Gasteiger partial charge in [0.1, 0.15) is 5.82 Å². The number of rotatable bonds is 14. The van der Waals surface area contributed by atoms with E-state index < -0.39 is 11.4 Å². The van der Waals surface area contributed by atoms with Crippen LogP contribution in [-0.4, -0.2) is 63.3 Å². The number of urea groups is 1. The number of methoxy groups -OCH3 is 1. The number of hydrogen-bond acceptors (Lipinski definition) is 4. The van der Waals surface area contributed by atoms with Gasteiger partial charge in [-0.05, 0) is 57.6 Å². The number of nitrogens with one attached hydrogen (secondary N) is 3. The SMILES string of the molecule is CCC(=O)N[C@](CCCCOC)(c1cccc(Cl)c1F)[C@@H]1CCCN(C(=O)N[C@H](CNC)CC2CCCCC2)C1. The van der Waals surface area contributed by atoms with Gasteiger partial charge in [-0.2, -0.15) is 0 Å². The first-order chi connectivity index (χ1) is 19.3. The van der Waals surface area contributed by atoms with Crippen molar-refractivity contribution in [3.63, 3.8) is 0 Å². The number of likely N-dealkylation sites (N-methyl/N-ethyl adjacent to an activating group) is 1. The summed E-state index contributed by atoms with van der Waals surface area (Å²) in [6.07, 6.45) is 11.2. The third kappa shape index (κ3) is 8.80. The van der Waals surface area contributed by atoms with Crippen molar-refractivity contribution < 1.29 is 18.7 Å². The van der Waals surface area contributed by atoms with Gasteiger partial charge in [-0.25, -0.2) is 9.18 Å². The van der Waals surface area contributed by atoms with Gasteiger partial charge in [0, 0.05) is 57.3 Å². The number of piperidine rings is 1. The van der Waals surface area contributed by atoms with Gasteiger partial charge in [0.2, 0.25) is 5.91 Å². The average molecular weight is 581 g/mol. The molecule has 9 heteroatoms. The van der Waals surface area contributed by atoms with E-state index in [4.69, 9.17) is 16.3 Å². The fraction of sp³-hybridized carbons (Fsp3) is 0.742. The van der Waals surface area contributed by atoms with Crippen LogP contribution in [0, 0.1) is 17.7 Å². The highest BCUT2D eigenvalue weighted by Crippen LogP contribution is 2.42. The van der Waals surface area contributed by atoms with Crippen molar-refractivity contribution in [2.45, 2.75) is 95.6 Å². The lowest BCUT2D eigenvalue weighted by molar-refractivity contribution is -0.124. The zero-order chi connectivity index (χ0) is 29.0. The molecule has 1 heterocycles. The molecule has 2 fully saturated rings. The minimum absolute atomic E-state index is 0.0348. The molecule has 3 rings (SSSR count). The maximum atomic E-state index is 15.7. The van der Waals surface area contributed by atoms with Gasteiger partial charge in [-0.1, -0.05) is 62.8 Å². The smallest absolute Gasteiger partial charge is 0.317 e. The minimum atomic E-state index is -0.985. The molecule has 1 aliphatic carbocycles. The van der Waals surface area contributed by atoms with Crippen molar-refractivity contribution in [1.29, 1.82) is 0 Å². The Morgan fingerprint density at radius 3 is 2.65 bits per heavy atom. The van der Waals surface area contributed by atoms with Crippen LogP contribution in [-0.2, 0) is 15.1 Å². The number of nitrogens with zero attached hydrogens (tertiary/aromatic N) is 1. The molecule has 226 valence electrons. The lowest BCUT2D eigenvalue weighted by Gasteiger charge is -2.47. The Morgan fingerprint density at radius 1 is 1.18 bits per heavy atom. The Morgan fingerprint density at radius 2 is 1.95 bits per heavy atom. The maximum absolute atomic E-state index is 15.7. The number of carbonyl (C=O) groups is 2. The van der Waals surface area contributed by atoms with Gasteiger partial charge in [0.15, 0.2) is 0 Å². The summed E-state index contributed by atoms with van der Waals surface area (Å²) in [6.45, 7) is 4.18. The second-order valence-corrected chi connectivity index (χ2v) is 12.1. The van der Waals surface area contributed by atoms with Gasteiger partial charge < -0.3 is 25.6 Å². The zero-order valence-electron chi connectivity index (χ0n) is 24.7. The molecule has 1 aromatic carbocycles.